The summed E-state index contributed by atoms with van der Waals surface area (Å²) in [4.78, 5) is 32.3. The van der Waals surface area contributed by atoms with Gasteiger partial charge in [-0.15, -0.1) is 11.3 Å². The Balaban J connectivity index is 1.45. The molecular weight excluding hydrogens is 338 g/mol. The average molecular weight is 365 g/mol. The third kappa shape index (κ3) is 4.39. The highest BCUT2D eigenvalue weighted by Gasteiger charge is 2.32. The Bertz CT molecular complexity index is 617. The van der Waals surface area contributed by atoms with Crippen LogP contribution in [-0.2, 0) is 27.3 Å². The number of aryl methyl sites for hydroxylation is 2. The highest BCUT2D eigenvalue weighted by Crippen LogP contribution is 2.22. The Morgan fingerprint density at radius 1 is 1.32 bits per heavy atom. The number of thiazole rings is 1. The largest absolute Gasteiger partial charge is 0.368 e. The SMILES string of the molecule is CCc1nc(C)sc1CNC(=O)C1CCN(C(=O)C2CCCO2)CC1. The van der Waals surface area contributed by atoms with E-state index in [1.165, 1.54) is 0 Å². The van der Waals surface area contributed by atoms with E-state index in [9.17, 15) is 9.59 Å². The molecule has 2 aliphatic heterocycles. The van der Waals surface area contributed by atoms with Crippen LogP contribution in [0.1, 0.15) is 48.2 Å². The van der Waals surface area contributed by atoms with Crippen LogP contribution < -0.4 is 5.32 Å². The number of carbonyl (C=O) groups is 2. The van der Waals surface area contributed by atoms with Crippen LogP contribution in [0.15, 0.2) is 0 Å². The molecule has 3 heterocycles. The smallest absolute Gasteiger partial charge is 0.251 e. The molecule has 3 rings (SSSR count). The molecule has 0 saturated carbocycles. The molecule has 6 nitrogen and oxygen atoms in total. The van der Waals surface area contributed by atoms with Crippen molar-refractivity contribution in [2.45, 2.75) is 58.6 Å². The number of amides is 2. The number of nitrogens with one attached hydrogen (secondary N) is 1. The Labute approximate surface area is 153 Å². The summed E-state index contributed by atoms with van der Waals surface area (Å²) < 4.78 is 5.48. The minimum absolute atomic E-state index is 0.00681. The van der Waals surface area contributed by atoms with E-state index in [1.54, 1.807) is 11.3 Å². The van der Waals surface area contributed by atoms with Gasteiger partial charge in [0.2, 0.25) is 5.91 Å². The van der Waals surface area contributed by atoms with E-state index >= 15 is 0 Å². The number of aromatic nitrogens is 1. The quantitative estimate of drug-likeness (QED) is 0.867. The van der Waals surface area contributed by atoms with Crippen molar-refractivity contribution in [1.29, 1.82) is 0 Å². The van der Waals surface area contributed by atoms with Gasteiger partial charge < -0.3 is 15.0 Å². The van der Waals surface area contributed by atoms with Gasteiger partial charge in [-0.3, -0.25) is 9.59 Å². The molecule has 7 heteroatoms. The van der Waals surface area contributed by atoms with Gasteiger partial charge in [0.25, 0.3) is 5.91 Å². The molecular formula is C18H27N3O3S. The van der Waals surface area contributed by atoms with Crippen molar-refractivity contribution in [2.75, 3.05) is 19.7 Å². The van der Waals surface area contributed by atoms with Crippen molar-refractivity contribution >= 4 is 23.2 Å². The molecule has 1 aromatic heterocycles. The molecule has 138 valence electrons. The predicted molar refractivity (Wildman–Crippen MR) is 96.4 cm³/mol. The van der Waals surface area contributed by atoms with Crippen LogP contribution in [0.2, 0.25) is 0 Å². The molecule has 0 aliphatic carbocycles. The van der Waals surface area contributed by atoms with Gasteiger partial charge in [0.15, 0.2) is 0 Å². The van der Waals surface area contributed by atoms with Crippen molar-refractivity contribution in [2.24, 2.45) is 5.92 Å². The van der Waals surface area contributed by atoms with Crippen molar-refractivity contribution in [3.05, 3.63) is 15.6 Å². The molecule has 0 spiro atoms. The predicted octanol–water partition coefficient (Wildman–Crippen LogP) is 2.05. The minimum atomic E-state index is -0.257. The zero-order valence-corrected chi connectivity index (χ0v) is 15.9. The maximum Gasteiger partial charge on any atom is 0.251 e. The number of nitrogens with zero attached hydrogens (tertiary/aromatic N) is 2. The van der Waals surface area contributed by atoms with E-state index < -0.39 is 0 Å². The highest BCUT2D eigenvalue weighted by atomic mass is 32.1. The zero-order chi connectivity index (χ0) is 17.8. The van der Waals surface area contributed by atoms with Crippen LogP contribution in [0.25, 0.3) is 0 Å². The van der Waals surface area contributed by atoms with E-state index in [-0.39, 0.29) is 23.8 Å². The van der Waals surface area contributed by atoms with Crippen molar-refractivity contribution < 1.29 is 14.3 Å². The number of likely N-dealkylation sites (tertiary alicyclic amines) is 1. The second-order valence-electron chi connectivity index (χ2n) is 6.78. The lowest BCUT2D eigenvalue weighted by Gasteiger charge is -2.32. The van der Waals surface area contributed by atoms with E-state index in [1.807, 2.05) is 11.8 Å². The summed E-state index contributed by atoms with van der Waals surface area (Å²) in [7, 11) is 0. The maximum absolute atomic E-state index is 12.5. The van der Waals surface area contributed by atoms with Gasteiger partial charge in [-0.1, -0.05) is 6.92 Å². The van der Waals surface area contributed by atoms with Crippen LogP contribution in [-0.4, -0.2) is 47.5 Å². The maximum atomic E-state index is 12.5. The van der Waals surface area contributed by atoms with Gasteiger partial charge in [-0.2, -0.15) is 0 Å². The van der Waals surface area contributed by atoms with Gasteiger partial charge in [0.1, 0.15) is 6.10 Å². The second-order valence-corrected chi connectivity index (χ2v) is 8.06. The molecule has 2 amide bonds. The molecule has 1 N–H and O–H groups in total. The zero-order valence-electron chi connectivity index (χ0n) is 15.0. The summed E-state index contributed by atoms with van der Waals surface area (Å²) in [5, 5.41) is 4.10. The molecule has 2 saturated heterocycles. The third-order valence-electron chi connectivity index (χ3n) is 5.03. The summed E-state index contributed by atoms with van der Waals surface area (Å²) in [6.07, 6.45) is 3.88. The summed E-state index contributed by atoms with van der Waals surface area (Å²) in [6, 6.07) is 0. The summed E-state index contributed by atoms with van der Waals surface area (Å²) >= 11 is 1.65. The number of rotatable bonds is 5. The van der Waals surface area contributed by atoms with Crippen LogP contribution >= 0.6 is 11.3 Å². The normalized spacial score (nSPS) is 21.5. The van der Waals surface area contributed by atoms with Crippen molar-refractivity contribution in [1.82, 2.24) is 15.2 Å². The Morgan fingerprint density at radius 3 is 2.72 bits per heavy atom. The molecule has 0 aromatic carbocycles. The molecule has 0 bridgehead atoms. The Morgan fingerprint density at radius 2 is 2.08 bits per heavy atom. The fourth-order valence-corrected chi connectivity index (χ4v) is 4.54. The fraction of sp³-hybridized carbons (Fsp3) is 0.722. The molecule has 2 fully saturated rings. The topological polar surface area (TPSA) is 71.5 Å². The van der Waals surface area contributed by atoms with E-state index in [2.05, 4.69) is 17.2 Å². The molecule has 25 heavy (non-hydrogen) atoms. The molecule has 2 aliphatic rings. The highest BCUT2D eigenvalue weighted by molar-refractivity contribution is 7.11. The van der Waals surface area contributed by atoms with Crippen molar-refractivity contribution in [3.8, 4) is 0 Å². The monoisotopic (exact) mass is 365 g/mol. The summed E-state index contributed by atoms with van der Waals surface area (Å²) in [5.74, 6) is 0.189. The Kier molecular flexibility index (Phi) is 6.06. The Hall–Kier alpha value is -1.47. The number of carbonyl (C=O) groups excluding carboxylic acids is 2. The van der Waals surface area contributed by atoms with Crippen LogP contribution in [0.5, 0.6) is 0 Å². The molecule has 1 unspecified atom stereocenters. The number of ether oxygens (including phenoxy) is 1. The lowest BCUT2D eigenvalue weighted by Crippen LogP contribution is -2.46. The van der Waals surface area contributed by atoms with Crippen molar-refractivity contribution in [3.63, 3.8) is 0 Å². The van der Waals surface area contributed by atoms with Gasteiger partial charge in [-0.05, 0) is 39.0 Å². The first-order chi connectivity index (χ1) is 12.1. The fourth-order valence-electron chi connectivity index (χ4n) is 3.58. The van der Waals surface area contributed by atoms with Crippen LogP contribution in [0.3, 0.4) is 0 Å². The minimum Gasteiger partial charge on any atom is -0.368 e. The average Bonchev–Trinajstić information content (AvgIpc) is 3.28. The van der Waals surface area contributed by atoms with E-state index in [0.717, 1.165) is 47.7 Å². The second kappa shape index (κ2) is 8.27. The van der Waals surface area contributed by atoms with Gasteiger partial charge in [0.05, 0.1) is 17.2 Å². The van der Waals surface area contributed by atoms with Gasteiger partial charge >= 0.3 is 0 Å². The number of piperidine rings is 1. The first-order valence-corrected chi connectivity index (χ1v) is 10.0. The van der Waals surface area contributed by atoms with Gasteiger partial charge in [-0.25, -0.2) is 4.98 Å². The summed E-state index contributed by atoms with van der Waals surface area (Å²) in [6.45, 7) is 6.62. The molecule has 0 radical (unpaired) electrons. The number of hydrogen-bond donors (Lipinski definition) is 1. The number of hydrogen-bond acceptors (Lipinski definition) is 5. The van der Waals surface area contributed by atoms with E-state index in [4.69, 9.17) is 4.74 Å². The molecule has 1 aromatic rings. The first kappa shape index (κ1) is 18.3. The van der Waals surface area contributed by atoms with Crippen LogP contribution in [0, 0.1) is 12.8 Å². The lowest BCUT2D eigenvalue weighted by molar-refractivity contribution is -0.143. The van der Waals surface area contributed by atoms with Crippen LogP contribution in [0.4, 0.5) is 0 Å². The van der Waals surface area contributed by atoms with Gasteiger partial charge in [0, 0.05) is 30.5 Å². The first-order valence-electron chi connectivity index (χ1n) is 9.21. The molecule has 1 atom stereocenters. The standard InChI is InChI=1S/C18H27N3O3S/c1-3-14-16(25-12(2)20-14)11-19-17(22)13-6-8-21(9-7-13)18(23)15-5-4-10-24-15/h13,15H,3-11H2,1-2H3,(H,19,22). The summed E-state index contributed by atoms with van der Waals surface area (Å²) in [5.41, 5.74) is 1.08. The third-order valence-corrected chi connectivity index (χ3v) is 6.04. The lowest BCUT2D eigenvalue weighted by atomic mass is 9.95. The van der Waals surface area contributed by atoms with E-state index in [0.29, 0.717) is 26.2 Å².